The molecule has 196 valence electrons. The number of nitrogens with one attached hydrogen (secondary N) is 1. The highest BCUT2D eigenvalue weighted by molar-refractivity contribution is 6.30. The molecule has 1 amide bonds. The predicted molar refractivity (Wildman–Crippen MR) is 144 cm³/mol. The summed E-state index contributed by atoms with van der Waals surface area (Å²) in [5.41, 5.74) is 1.49. The van der Waals surface area contributed by atoms with E-state index in [0.29, 0.717) is 40.7 Å². The molecule has 1 aliphatic heterocycles. The number of carbonyl (C=O) groups excluding carboxylic acids is 1. The van der Waals surface area contributed by atoms with Crippen LogP contribution in [0.2, 0.25) is 5.02 Å². The van der Waals surface area contributed by atoms with Crippen LogP contribution in [-0.4, -0.2) is 84.3 Å². The van der Waals surface area contributed by atoms with Gasteiger partial charge in [0.15, 0.2) is 0 Å². The maximum atomic E-state index is 12.6. The number of pyridine rings is 1. The Kier molecular flexibility index (Phi) is 9.10. The standard InChI is InChI=1S/C26H32ClN7O3/c1-19-5-6-20(27)17-22(19)37-26(35)33(3)23-9-10-28-25(31-23)30-21-7-8-24(29-18-21)36-16-4-11-34-14-12-32(2)13-15-34/h5-10,17-18H,4,11-16H2,1-3H3,(H,28,30,31). The second-order valence-corrected chi connectivity index (χ2v) is 9.37. The molecule has 2 aromatic heterocycles. The lowest BCUT2D eigenvalue weighted by atomic mass is 10.2. The molecular weight excluding hydrogens is 494 g/mol. The van der Waals surface area contributed by atoms with Crippen LogP contribution in [0.1, 0.15) is 12.0 Å². The molecule has 10 nitrogen and oxygen atoms in total. The lowest BCUT2D eigenvalue weighted by Crippen LogP contribution is -2.44. The highest BCUT2D eigenvalue weighted by Crippen LogP contribution is 2.24. The minimum absolute atomic E-state index is 0.318. The van der Waals surface area contributed by atoms with Gasteiger partial charge in [0, 0.05) is 57.1 Å². The molecular formula is C26H32ClN7O3. The number of likely N-dealkylation sites (N-methyl/N-ethyl adjacent to an activating group) is 1. The van der Waals surface area contributed by atoms with Crippen LogP contribution in [0.5, 0.6) is 11.6 Å². The number of aryl methyl sites for hydroxylation is 1. The average Bonchev–Trinajstić information content (AvgIpc) is 2.90. The summed E-state index contributed by atoms with van der Waals surface area (Å²) in [5, 5.41) is 3.58. The molecule has 11 heteroatoms. The summed E-state index contributed by atoms with van der Waals surface area (Å²) in [6.45, 7) is 7.94. The van der Waals surface area contributed by atoms with Gasteiger partial charge in [-0.3, -0.25) is 4.90 Å². The highest BCUT2D eigenvalue weighted by atomic mass is 35.5. The van der Waals surface area contributed by atoms with Crippen LogP contribution in [0.4, 0.5) is 22.2 Å². The fourth-order valence-electron chi connectivity index (χ4n) is 3.74. The van der Waals surface area contributed by atoms with E-state index in [9.17, 15) is 4.79 Å². The van der Waals surface area contributed by atoms with Gasteiger partial charge in [0.2, 0.25) is 11.8 Å². The minimum Gasteiger partial charge on any atom is -0.478 e. The zero-order chi connectivity index (χ0) is 26.2. The molecule has 37 heavy (non-hydrogen) atoms. The van der Waals surface area contributed by atoms with Gasteiger partial charge in [-0.2, -0.15) is 4.98 Å². The largest absolute Gasteiger partial charge is 0.478 e. The highest BCUT2D eigenvalue weighted by Gasteiger charge is 2.17. The SMILES string of the molecule is Cc1ccc(Cl)cc1OC(=O)N(C)c1ccnc(Nc2ccc(OCCCN3CCN(C)CC3)nc2)n1. The Balaban J connectivity index is 1.27. The smallest absolute Gasteiger partial charge is 0.420 e. The summed E-state index contributed by atoms with van der Waals surface area (Å²) in [6, 6.07) is 10.4. The van der Waals surface area contributed by atoms with Crippen molar-refractivity contribution in [2.75, 3.05) is 63.6 Å². The molecule has 1 saturated heterocycles. The van der Waals surface area contributed by atoms with E-state index in [1.807, 2.05) is 13.0 Å². The van der Waals surface area contributed by atoms with E-state index in [4.69, 9.17) is 21.1 Å². The number of amides is 1. The van der Waals surface area contributed by atoms with E-state index in [0.717, 1.165) is 44.7 Å². The van der Waals surface area contributed by atoms with Gasteiger partial charge in [-0.05, 0) is 50.2 Å². The number of anilines is 3. The van der Waals surface area contributed by atoms with Gasteiger partial charge in [0.25, 0.3) is 0 Å². The number of benzene rings is 1. The average molecular weight is 526 g/mol. The van der Waals surface area contributed by atoms with Crippen LogP contribution < -0.4 is 19.7 Å². The molecule has 1 aromatic carbocycles. The first-order valence-electron chi connectivity index (χ1n) is 12.2. The number of aromatic nitrogens is 3. The summed E-state index contributed by atoms with van der Waals surface area (Å²) in [6.07, 6.45) is 3.58. The minimum atomic E-state index is -0.592. The molecule has 0 bridgehead atoms. The molecule has 0 atom stereocenters. The Labute approximate surface area is 222 Å². The Hall–Kier alpha value is -3.47. The molecule has 1 N–H and O–H groups in total. The van der Waals surface area contributed by atoms with Crippen LogP contribution in [0.15, 0.2) is 48.8 Å². The van der Waals surface area contributed by atoms with Crippen LogP contribution in [0, 0.1) is 6.92 Å². The van der Waals surface area contributed by atoms with Crippen molar-refractivity contribution in [1.82, 2.24) is 24.8 Å². The van der Waals surface area contributed by atoms with E-state index < -0.39 is 6.09 Å². The Morgan fingerprint density at radius 1 is 1.14 bits per heavy atom. The molecule has 0 spiro atoms. The zero-order valence-electron chi connectivity index (χ0n) is 21.4. The number of carbonyl (C=O) groups is 1. The molecule has 1 fully saturated rings. The van der Waals surface area contributed by atoms with Gasteiger partial charge < -0.3 is 24.6 Å². The second kappa shape index (κ2) is 12.7. The Morgan fingerprint density at radius 3 is 2.70 bits per heavy atom. The van der Waals surface area contributed by atoms with Crippen LogP contribution in [0.25, 0.3) is 0 Å². The monoisotopic (exact) mass is 525 g/mol. The maximum Gasteiger partial charge on any atom is 0.420 e. The van der Waals surface area contributed by atoms with Crippen molar-refractivity contribution in [3.05, 3.63) is 59.4 Å². The summed E-state index contributed by atoms with van der Waals surface area (Å²) < 4.78 is 11.3. The first-order valence-corrected chi connectivity index (χ1v) is 12.6. The first kappa shape index (κ1) is 26.6. The predicted octanol–water partition coefficient (Wildman–Crippen LogP) is 4.23. The fraction of sp³-hybridized carbons (Fsp3) is 0.385. The van der Waals surface area contributed by atoms with Crippen molar-refractivity contribution < 1.29 is 14.3 Å². The quantitative estimate of drug-likeness (QED) is 0.412. The zero-order valence-corrected chi connectivity index (χ0v) is 22.1. The molecule has 0 aliphatic carbocycles. The summed E-state index contributed by atoms with van der Waals surface area (Å²) >= 11 is 6.02. The van der Waals surface area contributed by atoms with Crippen molar-refractivity contribution in [3.63, 3.8) is 0 Å². The van der Waals surface area contributed by atoms with Gasteiger partial charge in [-0.25, -0.2) is 14.8 Å². The van der Waals surface area contributed by atoms with E-state index in [1.54, 1.807) is 49.8 Å². The lowest BCUT2D eigenvalue weighted by molar-refractivity contribution is 0.145. The third kappa shape index (κ3) is 7.75. The topological polar surface area (TPSA) is 95.9 Å². The van der Waals surface area contributed by atoms with Gasteiger partial charge >= 0.3 is 6.09 Å². The second-order valence-electron chi connectivity index (χ2n) is 8.93. The third-order valence-electron chi connectivity index (χ3n) is 6.06. The summed E-state index contributed by atoms with van der Waals surface area (Å²) in [5.74, 6) is 1.65. The van der Waals surface area contributed by atoms with Gasteiger partial charge in [0.1, 0.15) is 11.6 Å². The van der Waals surface area contributed by atoms with Crippen LogP contribution >= 0.6 is 11.6 Å². The number of hydrogen-bond donors (Lipinski definition) is 1. The molecule has 1 aliphatic rings. The summed E-state index contributed by atoms with van der Waals surface area (Å²) in [4.78, 5) is 31.8. The molecule has 0 saturated carbocycles. The Morgan fingerprint density at radius 2 is 1.95 bits per heavy atom. The van der Waals surface area contributed by atoms with E-state index in [1.165, 1.54) is 4.90 Å². The number of piperazine rings is 1. The number of rotatable bonds is 9. The van der Waals surface area contributed by atoms with E-state index in [-0.39, 0.29) is 0 Å². The van der Waals surface area contributed by atoms with E-state index in [2.05, 4.69) is 37.1 Å². The normalized spacial score (nSPS) is 14.3. The first-order chi connectivity index (χ1) is 17.9. The molecule has 3 heterocycles. The molecule has 0 unspecified atom stereocenters. The van der Waals surface area contributed by atoms with Gasteiger partial charge in [-0.15, -0.1) is 0 Å². The van der Waals surface area contributed by atoms with Gasteiger partial charge in [-0.1, -0.05) is 17.7 Å². The maximum absolute atomic E-state index is 12.6. The third-order valence-corrected chi connectivity index (χ3v) is 6.30. The van der Waals surface area contributed by atoms with Crippen molar-refractivity contribution >= 4 is 35.1 Å². The molecule has 0 radical (unpaired) electrons. The van der Waals surface area contributed by atoms with Crippen molar-refractivity contribution in [1.29, 1.82) is 0 Å². The van der Waals surface area contributed by atoms with Crippen molar-refractivity contribution in [2.24, 2.45) is 0 Å². The number of ether oxygens (including phenoxy) is 2. The number of nitrogens with zero attached hydrogens (tertiary/aromatic N) is 6. The molecule has 3 aromatic rings. The van der Waals surface area contributed by atoms with Crippen molar-refractivity contribution in [3.8, 4) is 11.6 Å². The number of hydrogen-bond acceptors (Lipinski definition) is 9. The van der Waals surface area contributed by atoms with Crippen molar-refractivity contribution in [2.45, 2.75) is 13.3 Å². The summed E-state index contributed by atoms with van der Waals surface area (Å²) in [7, 11) is 3.73. The molecule has 4 rings (SSSR count). The fourth-order valence-corrected chi connectivity index (χ4v) is 3.90. The van der Waals surface area contributed by atoms with Crippen LogP contribution in [-0.2, 0) is 0 Å². The number of halogens is 1. The van der Waals surface area contributed by atoms with Crippen LogP contribution in [0.3, 0.4) is 0 Å². The lowest BCUT2D eigenvalue weighted by Gasteiger charge is -2.32. The van der Waals surface area contributed by atoms with E-state index >= 15 is 0 Å². The Bertz CT molecular complexity index is 1190. The van der Waals surface area contributed by atoms with Gasteiger partial charge in [0.05, 0.1) is 18.5 Å².